The summed E-state index contributed by atoms with van der Waals surface area (Å²) in [5.74, 6) is -3.43. The fourth-order valence-corrected chi connectivity index (χ4v) is 3.02. The van der Waals surface area contributed by atoms with Gasteiger partial charge in [-0.25, -0.2) is 0 Å². The van der Waals surface area contributed by atoms with E-state index in [4.69, 9.17) is 4.74 Å². The van der Waals surface area contributed by atoms with Crippen LogP contribution < -0.4 is 5.32 Å². The number of aliphatic carboxylic acids is 1. The summed E-state index contributed by atoms with van der Waals surface area (Å²) in [6.07, 6.45) is 2.12. The lowest BCUT2D eigenvalue weighted by Crippen LogP contribution is -2.39. The molecule has 0 aromatic heterocycles. The van der Waals surface area contributed by atoms with Gasteiger partial charge in [-0.3, -0.25) is 19.7 Å². The first-order valence-corrected chi connectivity index (χ1v) is 7.01. The van der Waals surface area contributed by atoms with Crippen molar-refractivity contribution in [1.82, 2.24) is 0 Å². The average Bonchev–Trinajstić information content (AvgIpc) is 3.09. The molecule has 2 heterocycles. The molecule has 0 aliphatic carbocycles. The number of carboxylic acid groups (broad SMARTS) is 1. The van der Waals surface area contributed by atoms with Crippen LogP contribution in [0.15, 0.2) is 30.4 Å². The minimum absolute atomic E-state index is 0.110. The number of ether oxygens (including phenoxy) is 1. The van der Waals surface area contributed by atoms with Gasteiger partial charge >= 0.3 is 5.97 Å². The van der Waals surface area contributed by atoms with E-state index < -0.39 is 40.8 Å². The molecule has 2 N–H and O–H groups in total. The Morgan fingerprint density at radius 3 is 2.52 bits per heavy atom. The first-order valence-electron chi connectivity index (χ1n) is 7.01. The monoisotopic (exact) mass is 318 g/mol. The number of rotatable bonds is 4. The van der Waals surface area contributed by atoms with Gasteiger partial charge in [-0.1, -0.05) is 18.2 Å². The fraction of sp³-hybridized carbons (Fsp3) is 0.333. The zero-order chi connectivity index (χ0) is 16.7. The first kappa shape index (κ1) is 15.2. The zero-order valence-electron chi connectivity index (χ0n) is 12.1. The molecule has 1 aromatic carbocycles. The van der Waals surface area contributed by atoms with Gasteiger partial charge in [-0.05, 0) is 13.0 Å². The van der Waals surface area contributed by atoms with Crippen LogP contribution in [-0.2, 0) is 14.3 Å². The number of carbonyl (C=O) groups excluding carboxylic acids is 1. The fourth-order valence-electron chi connectivity index (χ4n) is 3.02. The molecule has 1 amide bonds. The van der Waals surface area contributed by atoms with Crippen molar-refractivity contribution in [2.75, 3.05) is 5.32 Å². The molecule has 1 saturated heterocycles. The van der Waals surface area contributed by atoms with E-state index >= 15 is 0 Å². The summed E-state index contributed by atoms with van der Waals surface area (Å²) in [5, 5.41) is 22.8. The van der Waals surface area contributed by atoms with Gasteiger partial charge in [0, 0.05) is 17.3 Å². The molecule has 2 bridgehead atoms. The van der Waals surface area contributed by atoms with E-state index in [9.17, 15) is 24.8 Å². The van der Waals surface area contributed by atoms with Crippen LogP contribution in [0.25, 0.3) is 0 Å². The number of amides is 1. The van der Waals surface area contributed by atoms with E-state index in [1.807, 2.05) is 0 Å². The van der Waals surface area contributed by atoms with Gasteiger partial charge in [0.1, 0.15) is 5.92 Å². The average molecular weight is 318 g/mol. The Hall–Kier alpha value is -2.74. The predicted octanol–water partition coefficient (Wildman–Crippen LogP) is 1.50. The summed E-state index contributed by atoms with van der Waals surface area (Å²) in [4.78, 5) is 34.2. The van der Waals surface area contributed by atoms with Crippen LogP contribution in [0, 0.1) is 28.9 Å². The largest absolute Gasteiger partial charge is 0.481 e. The van der Waals surface area contributed by atoms with Crippen LogP contribution in [-0.4, -0.2) is 34.1 Å². The van der Waals surface area contributed by atoms with Crippen LogP contribution in [0.5, 0.6) is 0 Å². The van der Waals surface area contributed by atoms with Gasteiger partial charge in [0.05, 0.1) is 23.0 Å². The van der Waals surface area contributed by atoms with Crippen molar-refractivity contribution in [2.24, 2.45) is 11.8 Å². The Morgan fingerprint density at radius 1 is 1.26 bits per heavy atom. The minimum atomic E-state index is -1.10. The Bertz CT molecular complexity index is 729. The number of carbonyl (C=O) groups is 2. The third-order valence-corrected chi connectivity index (χ3v) is 4.16. The van der Waals surface area contributed by atoms with Crippen LogP contribution in [0.4, 0.5) is 11.4 Å². The maximum absolute atomic E-state index is 12.4. The Labute approximate surface area is 130 Å². The molecular weight excluding hydrogens is 304 g/mol. The molecule has 2 aliphatic heterocycles. The molecule has 1 aromatic rings. The van der Waals surface area contributed by atoms with Gasteiger partial charge in [-0.15, -0.1) is 0 Å². The topological polar surface area (TPSA) is 119 Å². The molecular formula is C15H14N2O6. The van der Waals surface area contributed by atoms with Gasteiger partial charge in [0.25, 0.3) is 5.69 Å². The van der Waals surface area contributed by atoms with Crippen molar-refractivity contribution >= 4 is 23.3 Å². The summed E-state index contributed by atoms with van der Waals surface area (Å²) in [5.41, 5.74) is 0.618. The Kier molecular flexibility index (Phi) is 3.61. The smallest absolute Gasteiger partial charge is 0.310 e. The third-order valence-electron chi connectivity index (χ3n) is 4.16. The Balaban J connectivity index is 1.82. The van der Waals surface area contributed by atoms with Crippen LogP contribution in [0.3, 0.4) is 0 Å². The van der Waals surface area contributed by atoms with Crippen LogP contribution in [0.2, 0.25) is 0 Å². The molecule has 2 aliphatic rings. The highest BCUT2D eigenvalue weighted by Crippen LogP contribution is 2.40. The van der Waals surface area contributed by atoms with Crippen LogP contribution >= 0.6 is 0 Å². The first-order chi connectivity index (χ1) is 10.9. The molecule has 120 valence electrons. The van der Waals surface area contributed by atoms with Crippen molar-refractivity contribution in [2.45, 2.75) is 19.1 Å². The summed E-state index contributed by atoms with van der Waals surface area (Å²) >= 11 is 0. The number of carboxylic acids is 1. The van der Waals surface area contributed by atoms with E-state index in [-0.39, 0.29) is 11.4 Å². The summed E-state index contributed by atoms with van der Waals surface area (Å²) in [6.45, 7) is 1.60. The predicted molar refractivity (Wildman–Crippen MR) is 78.9 cm³/mol. The second-order valence-electron chi connectivity index (χ2n) is 5.59. The molecule has 0 unspecified atom stereocenters. The van der Waals surface area contributed by atoms with Gasteiger partial charge < -0.3 is 15.2 Å². The highest BCUT2D eigenvalue weighted by Gasteiger charge is 2.53. The number of hydrogen-bond donors (Lipinski definition) is 2. The van der Waals surface area contributed by atoms with E-state index in [2.05, 4.69) is 5.32 Å². The second kappa shape index (κ2) is 5.47. The summed E-state index contributed by atoms with van der Waals surface area (Å²) in [6, 6.07) is 4.33. The van der Waals surface area contributed by atoms with Crippen molar-refractivity contribution in [3.8, 4) is 0 Å². The quantitative estimate of drug-likeness (QED) is 0.493. The molecule has 8 nitrogen and oxygen atoms in total. The molecule has 0 radical (unpaired) electrons. The molecule has 8 heteroatoms. The number of anilines is 1. The van der Waals surface area contributed by atoms with Gasteiger partial charge in [-0.2, -0.15) is 0 Å². The highest BCUT2D eigenvalue weighted by molar-refractivity contribution is 5.97. The lowest BCUT2D eigenvalue weighted by molar-refractivity contribution is -0.385. The highest BCUT2D eigenvalue weighted by atomic mass is 16.6. The summed E-state index contributed by atoms with van der Waals surface area (Å²) < 4.78 is 5.44. The number of fused-ring (bicyclic) bond motifs is 2. The minimum Gasteiger partial charge on any atom is -0.481 e. The van der Waals surface area contributed by atoms with E-state index in [1.165, 1.54) is 12.1 Å². The van der Waals surface area contributed by atoms with E-state index in [1.54, 1.807) is 25.1 Å². The second-order valence-corrected chi connectivity index (χ2v) is 5.59. The normalized spacial score (nSPS) is 27.9. The molecule has 1 fully saturated rings. The molecule has 3 rings (SSSR count). The standard InChI is InChI=1S/C15H14N2O6/c1-7-2-3-8(6-9(7)17(21)22)16-14(18)12-10-4-5-11(23-10)13(12)15(19)20/h2-6,10-13H,1H3,(H,16,18)(H,19,20)/t10-,11-,12-,13-/m1/s1. The number of aryl methyl sites for hydroxylation is 1. The molecule has 0 saturated carbocycles. The van der Waals surface area contributed by atoms with Crippen molar-refractivity contribution in [3.63, 3.8) is 0 Å². The van der Waals surface area contributed by atoms with Crippen molar-refractivity contribution in [3.05, 3.63) is 46.0 Å². The Morgan fingerprint density at radius 2 is 1.91 bits per heavy atom. The summed E-state index contributed by atoms with van der Waals surface area (Å²) in [7, 11) is 0. The molecule has 0 spiro atoms. The zero-order valence-corrected chi connectivity index (χ0v) is 12.1. The van der Waals surface area contributed by atoms with Crippen molar-refractivity contribution in [1.29, 1.82) is 0 Å². The number of hydrogen-bond acceptors (Lipinski definition) is 5. The number of benzene rings is 1. The lowest BCUT2D eigenvalue weighted by atomic mass is 9.82. The number of nitro groups is 1. The molecule has 23 heavy (non-hydrogen) atoms. The SMILES string of the molecule is Cc1ccc(NC(=O)[C@H]2[C@H](C(=O)O)[C@H]3C=C[C@H]2O3)cc1[N+](=O)[O-]. The van der Waals surface area contributed by atoms with Crippen molar-refractivity contribution < 1.29 is 24.4 Å². The lowest BCUT2D eigenvalue weighted by Gasteiger charge is -2.21. The van der Waals surface area contributed by atoms with Gasteiger partial charge in [0.15, 0.2) is 0 Å². The van der Waals surface area contributed by atoms with Gasteiger partial charge in [0.2, 0.25) is 5.91 Å². The van der Waals surface area contributed by atoms with E-state index in [0.29, 0.717) is 5.56 Å². The number of nitrogens with zero attached hydrogens (tertiary/aromatic N) is 1. The maximum Gasteiger partial charge on any atom is 0.310 e. The number of nitrogens with one attached hydrogen (secondary N) is 1. The number of nitro benzene ring substituents is 1. The van der Waals surface area contributed by atoms with Crippen LogP contribution in [0.1, 0.15) is 5.56 Å². The maximum atomic E-state index is 12.4. The van der Waals surface area contributed by atoms with E-state index in [0.717, 1.165) is 0 Å². The molecule has 4 atom stereocenters. The third kappa shape index (κ3) is 2.57.